The predicted octanol–water partition coefficient (Wildman–Crippen LogP) is 4.08. The van der Waals surface area contributed by atoms with E-state index in [-0.39, 0.29) is 17.5 Å². The Kier molecular flexibility index (Phi) is 3.38. The number of hydrogen-bond acceptors (Lipinski definition) is 2. The average Bonchev–Trinajstić information content (AvgIpc) is 2.78. The van der Waals surface area contributed by atoms with Gasteiger partial charge in [-0.15, -0.1) is 0 Å². The fourth-order valence-corrected chi connectivity index (χ4v) is 4.51. The van der Waals surface area contributed by atoms with Crippen LogP contribution in [0.2, 0.25) is 0 Å². The molecule has 3 saturated carbocycles. The van der Waals surface area contributed by atoms with Gasteiger partial charge in [-0.25, -0.2) is 0 Å². The smallest absolute Gasteiger partial charge is 0.309 e. The van der Waals surface area contributed by atoms with E-state index < -0.39 is 0 Å². The number of esters is 1. The zero-order valence-corrected chi connectivity index (χ0v) is 11.6. The molecule has 2 bridgehead atoms. The zero-order valence-electron chi connectivity index (χ0n) is 11.6. The van der Waals surface area contributed by atoms with E-state index >= 15 is 0 Å². The fourth-order valence-electron chi connectivity index (χ4n) is 4.51. The zero-order chi connectivity index (χ0) is 12.6. The van der Waals surface area contributed by atoms with Gasteiger partial charge in [0.05, 0.1) is 5.92 Å². The number of rotatable bonds is 2. The van der Waals surface area contributed by atoms with Crippen LogP contribution in [-0.2, 0) is 9.53 Å². The minimum absolute atomic E-state index is 0.118. The van der Waals surface area contributed by atoms with Gasteiger partial charge in [0.25, 0.3) is 0 Å². The maximum Gasteiger partial charge on any atom is 0.309 e. The van der Waals surface area contributed by atoms with Crippen molar-refractivity contribution in [1.82, 2.24) is 0 Å². The standard InChI is InChI=1S/C16H26O2/c1-16(11-12-8-9-14(16)10-12)18-15(17)13-6-4-2-3-5-7-13/h12-14H,2-11H2,1H3. The van der Waals surface area contributed by atoms with Crippen molar-refractivity contribution >= 4 is 5.97 Å². The van der Waals surface area contributed by atoms with E-state index in [1.54, 1.807) is 0 Å². The summed E-state index contributed by atoms with van der Waals surface area (Å²) in [5.74, 6) is 1.80. The van der Waals surface area contributed by atoms with E-state index in [4.69, 9.17) is 4.74 Å². The molecule has 3 aliphatic rings. The lowest BCUT2D eigenvalue weighted by Crippen LogP contribution is -2.39. The molecular formula is C16H26O2. The van der Waals surface area contributed by atoms with Gasteiger partial charge < -0.3 is 4.74 Å². The topological polar surface area (TPSA) is 26.3 Å². The first-order chi connectivity index (χ1) is 8.67. The molecule has 2 heteroatoms. The summed E-state index contributed by atoms with van der Waals surface area (Å²) in [4.78, 5) is 12.4. The van der Waals surface area contributed by atoms with Crippen LogP contribution in [0.1, 0.15) is 71.1 Å². The molecule has 3 aliphatic carbocycles. The van der Waals surface area contributed by atoms with Crippen molar-refractivity contribution in [2.24, 2.45) is 17.8 Å². The van der Waals surface area contributed by atoms with Gasteiger partial charge in [-0.3, -0.25) is 4.79 Å². The Labute approximate surface area is 110 Å². The highest BCUT2D eigenvalue weighted by molar-refractivity contribution is 5.73. The van der Waals surface area contributed by atoms with Gasteiger partial charge in [0.15, 0.2) is 0 Å². The summed E-state index contributed by atoms with van der Waals surface area (Å²) < 4.78 is 5.99. The Balaban J connectivity index is 1.60. The summed E-state index contributed by atoms with van der Waals surface area (Å²) in [5, 5.41) is 0. The van der Waals surface area contributed by atoms with E-state index in [9.17, 15) is 4.79 Å². The van der Waals surface area contributed by atoms with Gasteiger partial charge in [0, 0.05) is 0 Å². The number of fused-ring (bicyclic) bond motifs is 2. The third-order valence-corrected chi connectivity index (χ3v) is 5.62. The van der Waals surface area contributed by atoms with E-state index in [1.807, 2.05) is 0 Å². The molecule has 0 radical (unpaired) electrons. The van der Waals surface area contributed by atoms with Crippen LogP contribution in [0.5, 0.6) is 0 Å². The lowest BCUT2D eigenvalue weighted by Gasteiger charge is -2.34. The fraction of sp³-hybridized carbons (Fsp3) is 0.938. The van der Waals surface area contributed by atoms with Crippen molar-refractivity contribution in [3.05, 3.63) is 0 Å². The van der Waals surface area contributed by atoms with Gasteiger partial charge >= 0.3 is 5.97 Å². The molecule has 0 N–H and O–H groups in total. The Hall–Kier alpha value is -0.530. The van der Waals surface area contributed by atoms with Crippen molar-refractivity contribution < 1.29 is 9.53 Å². The molecule has 0 spiro atoms. The Morgan fingerprint density at radius 3 is 2.33 bits per heavy atom. The molecule has 3 fully saturated rings. The van der Waals surface area contributed by atoms with E-state index in [0.717, 1.165) is 25.2 Å². The molecule has 3 rings (SSSR count). The van der Waals surface area contributed by atoms with Gasteiger partial charge in [-0.1, -0.05) is 25.7 Å². The third-order valence-electron chi connectivity index (χ3n) is 5.62. The first-order valence-corrected chi connectivity index (χ1v) is 7.90. The quantitative estimate of drug-likeness (QED) is 0.545. The largest absolute Gasteiger partial charge is 0.459 e. The van der Waals surface area contributed by atoms with Crippen molar-refractivity contribution in [2.45, 2.75) is 76.7 Å². The molecule has 0 amide bonds. The average molecular weight is 250 g/mol. The second kappa shape index (κ2) is 4.86. The molecule has 0 aliphatic heterocycles. The van der Waals surface area contributed by atoms with Crippen molar-refractivity contribution in [3.8, 4) is 0 Å². The molecule has 2 nitrogen and oxygen atoms in total. The second-order valence-electron chi connectivity index (χ2n) is 7.00. The molecule has 3 atom stereocenters. The first kappa shape index (κ1) is 12.5. The Bertz CT molecular complexity index is 317. The number of ether oxygens (including phenoxy) is 1. The molecule has 0 aromatic heterocycles. The van der Waals surface area contributed by atoms with E-state index in [1.165, 1.54) is 44.9 Å². The van der Waals surface area contributed by atoms with Crippen molar-refractivity contribution in [1.29, 1.82) is 0 Å². The summed E-state index contributed by atoms with van der Waals surface area (Å²) in [6.45, 7) is 2.19. The molecule has 0 saturated heterocycles. The van der Waals surface area contributed by atoms with Crippen LogP contribution in [0.4, 0.5) is 0 Å². The van der Waals surface area contributed by atoms with Crippen LogP contribution >= 0.6 is 0 Å². The first-order valence-electron chi connectivity index (χ1n) is 7.90. The normalized spacial score (nSPS) is 40.7. The van der Waals surface area contributed by atoms with E-state index in [2.05, 4.69) is 6.92 Å². The number of carbonyl (C=O) groups excluding carboxylic acids is 1. The Morgan fingerprint density at radius 2 is 1.78 bits per heavy atom. The number of carbonyl (C=O) groups is 1. The van der Waals surface area contributed by atoms with Crippen molar-refractivity contribution in [3.63, 3.8) is 0 Å². The molecular weight excluding hydrogens is 224 g/mol. The Morgan fingerprint density at radius 1 is 1.06 bits per heavy atom. The van der Waals surface area contributed by atoms with Crippen LogP contribution in [0, 0.1) is 17.8 Å². The maximum atomic E-state index is 12.4. The highest BCUT2D eigenvalue weighted by atomic mass is 16.6. The lowest BCUT2D eigenvalue weighted by atomic mass is 9.85. The third kappa shape index (κ3) is 2.31. The summed E-state index contributed by atoms with van der Waals surface area (Å²) in [7, 11) is 0. The molecule has 18 heavy (non-hydrogen) atoms. The highest BCUT2D eigenvalue weighted by Gasteiger charge is 2.50. The summed E-state index contributed by atoms with van der Waals surface area (Å²) >= 11 is 0. The SMILES string of the molecule is CC1(OC(=O)C2CCCCCC2)CC2CCC1C2. The molecule has 3 unspecified atom stereocenters. The van der Waals surface area contributed by atoms with Gasteiger partial charge in [-0.05, 0) is 57.3 Å². The molecule has 0 aromatic rings. The van der Waals surface area contributed by atoms with Crippen LogP contribution in [0.15, 0.2) is 0 Å². The lowest BCUT2D eigenvalue weighted by molar-refractivity contribution is -0.169. The van der Waals surface area contributed by atoms with Crippen LogP contribution in [0.3, 0.4) is 0 Å². The van der Waals surface area contributed by atoms with Crippen molar-refractivity contribution in [2.75, 3.05) is 0 Å². The molecule has 0 aromatic carbocycles. The van der Waals surface area contributed by atoms with Crippen LogP contribution < -0.4 is 0 Å². The van der Waals surface area contributed by atoms with Gasteiger partial charge in [0.2, 0.25) is 0 Å². The van der Waals surface area contributed by atoms with E-state index in [0.29, 0.717) is 5.92 Å². The van der Waals surface area contributed by atoms with Crippen LogP contribution in [0.25, 0.3) is 0 Å². The highest BCUT2D eigenvalue weighted by Crippen LogP contribution is 2.52. The minimum Gasteiger partial charge on any atom is -0.459 e. The second-order valence-corrected chi connectivity index (χ2v) is 7.00. The monoisotopic (exact) mass is 250 g/mol. The molecule has 102 valence electrons. The van der Waals surface area contributed by atoms with Gasteiger partial charge in [0.1, 0.15) is 5.60 Å². The maximum absolute atomic E-state index is 12.4. The number of hydrogen-bond donors (Lipinski definition) is 0. The predicted molar refractivity (Wildman–Crippen MR) is 71.1 cm³/mol. The molecule has 0 heterocycles. The minimum atomic E-state index is -0.119. The van der Waals surface area contributed by atoms with Gasteiger partial charge in [-0.2, -0.15) is 0 Å². The summed E-state index contributed by atoms with van der Waals surface area (Å²) in [6, 6.07) is 0. The summed E-state index contributed by atoms with van der Waals surface area (Å²) in [5.41, 5.74) is -0.119. The van der Waals surface area contributed by atoms with Crippen LogP contribution in [-0.4, -0.2) is 11.6 Å². The summed E-state index contributed by atoms with van der Waals surface area (Å²) in [6.07, 6.45) is 12.2.